The van der Waals surface area contributed by atoms with E-state index >= 15 is 4.39 Å². The molecule has 1 amide bonds. The third-order valence-corrected chi connectivity index (χ3v) is 5.85. The second kappa shape index (κ2) is 9.38. The van der Waals surface area contributed by atoms with E-state index in [2.05, 4.69) is 15.4 Å². The van der Waals surface area contributed by atoms with E-state index in [0.29, 0.717) is 16.9 Å². The summed E-state index contributed by atoms with van der Waals surface area (Å²) in [7, 11) is 1.70. The number of hydrogen-bond donors (Lipinski definition) is 2. The van der Waals surface area contributed by atoms with Crippen molar-refractivity contribution >= 4 is 5.91 Å². The van der Waals surface area contributed by atoms with Crippen LogP contribution in [0.1, 0.15) is 40.0 Å². The standard InChI is InChI=1S/C24H21F3N6O3/c1-13(16-7-4-8-18(21(16)25)24(26,27)12-34)17-10-20(35)33(30-22(17)23(28)36)15-6-3-5-14(9-15)19-11-29-31-32(19)2/h3-11,13,34H,12H2,1-2H3,(H2,28,36)/t13-/m0/s1. The Hall–Kier alpha value is -4.32. The largest absolute Gasteiger partial charge is 0.390 e. The van der Waals surface area contributed by atoms with E-state index in [-0.39, 0.29) is 16.8 Å². The first-order chi connectivity index (χ1) is 17.0. The molecule has 0 radical (unpaired) electrons. The molecule has 12 heteroatoms. The summed E-state index contributed by atoms with van der Waals surface area (Å²) in [6.07, 6.45) is 1.54. The van der Waals surface area contributed by atoms with Gasteiger partial charge in [-0.3, -0.25) is 9.59 Å². The Kier molecular flexibility index (Phi) is 6.46. The Morgan fingerprint density at radius 1 is 1.17 bits per heavy atom. The number of hydrogen-bond acceptors (Lipinski definition) is 6. The molecule has 4 aromatic rings. The quantitative estimate of drug-likeness (QED) is 0.403. The number of aliphatic hydroxyl groups is 1. The van der Waals surface area contributed by atoms with Crippen molar-refractivity contribution in [2.45, 2.75) is 18.8 Å². The number of alkyl halides is 2. The molecule has 9 nitrogen and oxygen atoms in total. The summed E-state index contributed by atoms with van der Waals surface area (Å²) in [5, 5.41) is 20.8. The number of benzene rings is 2. The molecule has 0 saturated heterocycles. The number of aromatic nitrogens is 5. The van der Waals surface area contributed by atoms with Gasteiger partial charge in [-0.1, -0.05) is 36.4 Å². The number of rotatable bonds is 7. The van der Waals surface area contributed by atoms with Crippen molar-refractivity contribution in [3.63, 3.8) is 0 Å². The zero-order valence-electron chi connectivity index (χ0n) is 19.2. The number of halogens is 3. The third kappa shape index (κ3) is 4.38. The number of primary amides is 1. The maximum Gasteiger partial charge on any atom is 0.298 e. The molecule has 0 saturated carbocycles. The van der Waals surface area contributed by atoms with Gasteiger partial charge in [0.15, 0.2) is 5.69 Å². The normalized spacial score (nSPS) is 12.5. The first-order valence-electron chi connectivity index (χ1n) is 10.7. The van der Waals surface area contributed by atoms with Crippen molar-refractivity contribution in [2.24, 2.45) is 12.8 Å². The Morgan fingerprint density at radius 3 is 2.53 bits per heavy atom. The monoisotopic (exact) mass is 498 g/mol. The van der Waals surface area contributed by atoms with Gasteiger partial charge in [0.1, 0.15) is 12.4 Å². The SMILES string of the molecule is C[C@H](c1cc(=O)n(-c2cccc(-c3cnnn3C)c2)nc1C(N)=O)c1cccc(C(F)(F)CO)c1F. The lowest BCUT2D eigenvalue weighted by Crippen LogP contribution is -2.29. The summed E-state index contributed by atoms with van der Waals surface area (Å²) >= 11 is 0. The van der Waals surface area contributed by atoms with Gasteiger partial charge in [-0.05, 0) is 29.3 Å². The van der Waals surface area contributed by atoms with Crippen LogP contribution in [0.15, 0.2) is 59.5 Å². The van der Waals surface area contributed by atoms with Crippen LogP contribution in [0.4, 0.5) is 13.2 Å². The highest BCUT2D eigenvalue weighted by atomic mass is 19.3. The van der Waals surface area contributed by atoms with E-state index in [1.807, 2.05) is 0 Å². The fourth-order valence-electron chi connectivity index (χ4n) is 3.94. The lowest BCUT2D eigenvalue weighted by molar-refractivity contribution is -0.0583. The average molecular weight is 498 g/mol. The average Bonchev–Trinajstić information content (AvgIpc) is 3.29. The summed E-state index contributed by atoms with van der Waals surface area (Å²) in [4.78, 5) is 25.3. The summed E-state index contributed by atoms with van der Waals surface area (Å²) in [6.45, 7) is -0.150. The van der Waals surface area contributed by atoms with Gasteiger partial charge in [0.25, 0.3) is 17.4 Å². The first-order valence-corrected chi connectivity index (χ1v) is 10.7. The van der Waals surface area contributed by atoms with Crippen LogP contribution in [-0.4, -0.2) is 42.4 Å². The highest BCUT2D eigenvalue weighted by Gasteiger charge is 2.35. The summed E-state index contributed by atoms with van der Waals surface area (Å²) in [6, 6.07) is 11.1. The van der Waals surface area contributed by atoms with Gasteiger partial charge in [-0.15, -0.1) is 5.10 Å². The Balaban J connectivity index is 1.83. The van der Waals surface area contributed by atoms with Crippen LogP contribution in [0.5, 0.6) is 0 Å². The van der Waals surface area contributed by atoms with Crippen LogP contribution in [0.2, 0.25) is 0 Å². The van der Waals surface area contributed by atoms with Gasteiger partial charge in [0.05, 0.1) is 23.1 Å². The lowest BCUT2D eigenvalue weighted by atomic mass is 9.89. The predicted octanol–water partition coefficient (Wildman–Crippen LogP) is 2.50. The topological polar surface area (TPSA) is 129 Å². The first kappa shape index (κ1) is 24.8. The van der Waals surface area contributed by atoms with E-state index in [4.69, 9.17) is 10.8 Å². The number of aryl methyl sites for hydroxylation is 1. The fraction of sp³-hybridized carbons (Fsp3) is 0.208. The number of carbonyl (C=O) groups excluding carboxylic acids is 1. The number of nitrogens with two attached hydrogens (primary N) is 1. The molecule has 36 heavy (non-hydrogen) atoms. The molecule has 0 bridgehead atoms. The summed E-state index contributed by atoms with van der Waals surface area (Å²) in [5.74, 6) is -7.11. The molecular formula is C24H21F3N6O3. The maximum atomic E-state index is 15.1. The van der Waals surface area contributed by atoms with Gasteiger partial charge in [-0.2, -0.15) is 18.6 Å². The minimum atomic E-state index is -3.82. The van der Waals surface area contributed by atoms with Gasteiger partial charge in [0.2, 0.25) is 0 Å². The van der Waals surface area contributed by atoms with Crippen molar-refractivity contribution < 1.29 is 23.1 Å². The van der Waals surface area contributed by atoms with E-state index in [9.17, 15) is 18.4 Å². The number of amides is 1. The van der Waals surface area contributed by atoms with E-state index in [1.165, 1.54) is 29.9 Å². The van der Waals surface area contributed by atoms with E-state index in [1.54, 1.807) is 31.3 Å². The fourth-order valence-corrected chi connectivity index (χ4v) is 3.94. The molecule has 0 aliphatic carbocycles. The minimum Gasteiger partial charge on any atom is -0.390 e. The maximum absolute atomic E-state index is 15.1. The molecule has 0 aliphatic rings. The van der Waals surface area contributed by atoms with Crippen LogP contribution in [-0.2, 0) is 13.0 Å². The highest BCUT2D eigenvalue weighted by molar-refractivity contribution is 5.92. The molecule has 2 aromatic heterocycles. The molecule has 3 N–H and O–H groups in total. The van der Waals surface area contributed by atoms with Gasteiger partial charge in [0, 0.05) is 24.6 Å². The Bertz CT molecular complexity index is 1520. The van der Waals surface area contributed by atoms with Crippen molar-refractivity contribution in [2.75, 3.05) is 6.61 Å². The Labute approximate surface area is 202 Å². The number of aliphatic hydroxyl groups excluding tert-OH is 1. The second-order valence-corrected chi connectivity index (χ2v) is 8.15. The molecule has 0 spiro atoms. The van der Waals surface area contributed by atoms with Crippen LogP contribution < -0.4 is 11.3 Å². The van der Waals surface area contributed by atoms with Gasteiger partial charge < -0.3 is 10.8 Å². The van der Waals surface area contributed by atoms with Crippen molar-refractivity contribution in [1.29, 1.82) is 0 Å². The van der Waals surface area contributed by atoms with E-state index in [0.717, 1.165) is 16.8 Å². The highest BCUT2D eigenvalue weighted by Crippen LogP contribution is 2.35. The lowest BCUT2D eigenvalue weighted by Gasteiger charge is -2.20. The molecule has 0 unspecified atom stereocenters. The van der Waals surface area contributed by atoms with E-state index < -0.39 is 41.3 Å². The molecular weight excluding hydrogens is 477 g/mol. The zero-order chi connectivity index (χ0) is 26.2. The molecule has 186 valence electrons. The van der Waals surface area contributed by atoms with Crippen LogP contribution in [0, 0.1) is 5.82 Å². The van der Waals surface area contributed by atoms with Crippen molar-refractivity contribution in [3.05, 3.63) is 93.3 Å². The van der Waals surface area contributed by atoms with Crippen LogP contribution in [0.25, 0.3) is 16.9 Å². The molecule has 4 rings (SSSR count). The third-order valence-electron chi connectivity index (χ3n) is 5.85. The van der Waals surface area contributed by atoms with Gasteiger partial charge in [-0.25, -0.2) is 9.07 Å². The molecule has 2 aromatic carbocycles. The zero-order valence-corrected chi connectivity index (χ0v) is 19.2. The molecule has 1 atom stereocenters. The molecule has 0 aliphatic heterocycles. The van der Waals surface area contributed by atoms with Crippen LogP contribution in [0.3, 0.4) is 0 Å². The number of nitrogens with zero attached hydrogens (tertiary/aromatic N) is 5. The van der Waals surface area contributed by atoms with Crippen molar-refractivity contribution in [3.8, 4) is 16.9 Å². The second-order valence-electron chi connectivity index (χ2n) is 8.15. The van der Waals surface area contributed by atoms with Gasteiger partial charge >= 0.3 is 0 Å². The minimum absolute atomic E-state index is 0.0286. The number of carbonyl (C=O) groups is 1. The smallest absolute Gasteiger partial charge is 0.298 e. The molecule has 0 fully saturated rings. The summed E-state index contributed by atoms with van der Waals surface area (Å²) < 4.78 is 45.6. The molecule has 2 heterocycles. The van der Waals surface area contributed by atoms with Crippen LogP contribution >= 0.6 is 0 Å². The summed E-state index contributed by atoms with van der Waals surface area (Å²) in [5.41, 5.74) is 4.96. The van der Waals surface area contributed by atoms with Crippen molar-refractivity contribution in [1.82, 2.24) is 24.8 Å². The predicted molar refractivity (Wildman–Crippen MR) is 123 cm³/mol. The Morgan fingerprint density at radius 2 is 1.89 bits per heavy atom.